The second kappa shape index (κ2) is 25.8. The van der Waals surface area contributed by atoms with Crippen LogP contribution in [0.15, 0.2) is 82.9 Å². The first kappa shape index (κ1) is 37.1. The minimum Gasteiger partial charge on any atom is -0.447 e. The van der Waals surface area contributed by atoms with Gasteiger partial charge < -0.3 is 19.7 Å². The maximum absolute atomic E-state index is 11.9. The van der Waals surface area contributed by atoms with Gasteiger partial charge in [0.15, 0.2) is 0 Å². The smallest absolute Gasteiger partial charge is 0.414 e. The normalized spacial score (nSPS) is 15.6. The number of hydrogen-bond donors (Lipinski definition) is 3. The molecule has 43 heavy (non-hydrogen) atoms. The Bertz CT molecular complexity index is 1020. The van der Waals surface area contributed by atoms with Crippen LogP contribution in [0, 0.1) is 0 Å². The average Bonchev–Trinajstić information content (AvgIpc) is 2.97. The van der Waals surface area contributed by atoms with Crippen LogP contribution >= 0.6 is 0 Å². The van der Waals surface area contributed by atoms with Gasteiger partial charge in [-0.1, -0.05) is 79.8 Å². The summed E-state index contributed by atoms with van der Waals surface area (Å²) in [4.78, 5) is 34.2. The summed E-state index contributed by atoms with van der Waals surface area (Å²) in [7, 11) is 3.68. The van der Waals surface area contributed by atoms with E-state index in [1.165, 1.54) is 0 Å². The monoisotopic (exact) mass is 596 g/mol. The van der Waals surface area contributed by atoms with Crippen molar-refractivity contribution in [3.63, 3.8) is 0 Å². The number of nitrogens with one attached hydrogen (secondary N) is 3. The van der Waals surface area contributed by atoms with Gasteiger partial charge in [0.2, 0.25) is 17.8 Å². The molecule has 1 unspecified atom stereocenters. The maximum Gasteiger partial charge on any atom is 0.414 e. The van der Waals surface area contributed by atoms with E-state index in [2.05, 4.69) is 99.7 Å². The highest BCUT2D eigenvalue weighted by molar-refractivity contribution is 6.05. The fourth-order valence-corrected chi connectivity index (χ4v) is 3.49. The molecule has 2 amide bonds. The first-order chi connectivity index (χ1) is 20.9. The van der Waals surface area contributed by atoms with E-state index in [9.17, 15) is 9.59 Å². The summed E-state index contributed by atoms with van der Waals surface area (Å²) in [5.41, 5.74) is 0. The molecule has 0 bridgehead atoms. The fourth-order valence-electron chi connectivity index (χ4n) is 3.49. The fraction of sp³-hybridized carbons (Fsp3) is 0.515. The SMILES string of the molecule is CC/C=C\C/C=C\C/C=C\C/C=C\C/C=C\C/C=C\CCC(=O)NCCOCCOC(=O)NC1=NC(C)N=C(N(C)C)N1. The Labute approximate surface area is 258 Å². The van der Waals surface area contributed by atoms with Gasteiger partial charge in [0.1, 0.15) is 12.8 Å². The Kier molecular flexibility index (Phi) is 22.2. The van der Waals surface area contributed by atoms with E-state index >= 15 is 0 Å². The van der Waals surface area contributed by atoms with Gasteiger partial charge in [-0.25, -0.2) is 14.8 Å². The lowest BCUT2D eigenvalue weighted by molar-refractivity contribution is -0.121. The number of alkyl carbamates (subject to hydrolysis) is 1. The number of carbonyl (C=O) groups excluding carboxylic acids is 2. The highest BCUT2D eigenvalue weighted by Crippen LogP contribution is 2.00. The predicted molar refractivity (Wildman–Crippen MR) is 177 cm³/mol. The quantitative estimate of drug-likeness (QED) is 0.125. The molecule has 0 aromatic carbocycles. The van der Waals surface area contributed by atoms with Crippen LogP contribution in [0.25, 0.3) is 0 Å². The summed E-state index contributed by atoms with van der Waals surface area (Å²) < 4.78 is 10.5. The summed E-state index contributed by atoms with van der Waals surface area (Å²) in [5.74, 6) is 0.860. The molecule has 3 N–H and O–H groups in total. The zero-order valence-corrected chi connectivity index (χ0v) is 26.5. The lowest BCUT2D eigenvalue weighted by Crippen LogP contribution is -2.51. The molecule has 1 atom stereocenters. The van der Waals surface area contributed by atoms with Crippen molar-refractivity contribution in [2.75, 3.05) is 40.5 Å². The van der Waals surface area contributed by atoms with Crippen molar-refractivity contribution in [1.29, 1.82) is 0 Å². The van der Waals surface area contributed by atoms with Crippen LogP contribution in [0.2, 0.25) is 0 Å². The van der Waals surface area contributed by atoms with Gasteiger partial charge in [-0.2, -0.15) is 0 Å². The Morgan fingerprint density at radius 3 is 1.93 bits per heavy atom. The van der Waals surface area contributed by atoms with Gasteiger partial charge in [-0.05, 0) is 51.9 Å². The molecule has 1 aliphatic rings. The minimum atomic E-state index is -0.634. The van der Waals surface area contributed by atoms with E-state index in [-0.39, 0.29) is 31.2 Å². The summed E-state index contributed by atoms with van der Waals surface area (Å²) in [6.07, 6.45) is 32.0. The number of allylic oxidation sites excluding steroid dienone is 12. The van der Waals surface area contributed by atoms with Crippen molar-refractivity contribution in [1.82, 2.24) is 20.9 Å². The van der Waals surface area contributed by atoms with E-state index < -0.39 is 6.09 Å². The highest BCUT2D eigenvalue weighted by Gasteiger charge is 2.17. The molecule has 0 aromatic rings. The Morgan fingerprint density at radius 2 is 1.37 bits per heavy atom. The molecular formula is C33H52N6O4. The summed E-state index contributed by atoms with van der Waals surface area (Å²) in [6, 6.07) is 0. The molecule has 0 radical (unpaired) electrons. The van der Waals surface area contributed by atoms with Crippen LogP contribution in [0.5, 0.6) is 0 Å². The molecule has 1 rings (SSSR count). The highest BCUT2D eigenvalue weighted by atomic mass is 16.6. The lowest BCUT2D eigenvalue weighted by Gasteiger charge is -2.23. The van der Waals surface area contributed by atoms with E-state index in [0.717, 1.165) is 38.5 Å². The van der Waals surface area contributed by atoms with E-state index in [4.69, 9.17) is 9.47 Å². The number of aliphatic imine (C=N–C) groups is 2. The molecule has 0 saturated carbocycles. The van der Waals surface area contributed by atoms with Crippen LogP contribution < -0.4 is 16.0 Å². The second-order valence-corrected chi connectivity index (χ2v) is 9.76. The first-order valence-corrected chi connectivity index (χ1v) is 15.2. The number of nitrogens with zero attached hydrogens (tertiary/aromatic N) is 3. The summed E-state index contributed by atoms with van der Waals surface area (Å²) >= 11 is 0. The van der Waals surface area contributed by atoms with Gasteiger partial charge >= 0.3 is 6.09 Å². The largest absolute Gasteiger partial charge is 0.447 e. The number of guanidine groups is 2. The summed E-state index contributed by atoms with van der Waals surface area (Å²) in [6.45, 7) is 5.01. The van der Waals surface area contributed by atoms with Crippen molar-refractivity contribution in [2.24, 2.45) is 9.98 Å². The Morgan fingerprint density at radius 1 is 0.814 bits per heavy atom. The number of rotatable bonds is 20. The van der Waals surface area contributed by atoms with Crippen molar-refractivity contribution >= 4 is 23.9 Å². The third-order valence-corrected chi connectivity index (χ3v) is 5.66. The predicted octanol–water partition coefficient (Wildman–Crippen LogP) is 5.55. The molecule has 10 nitrogen and oxygen atoms in total. The zero-order chi connectivity index (χ0) is 31.4. The van der Waals surface area contributed by atoms with Crippen molar-refractivity contribution in [2.45, 2.75) is 71.4 Å². The van der Waals surface area contributed by atoms with Gasteiger partial charge in [-0.15, -0.1) is 0 Å². The Hall–Kier alpha value is -3.92. The molecule has 0 aliphatic carbocycles. The zero-order valence-electron chi connectivity index (χ0n) is 26.5. The number of hydrogen-bond acceptors (Lipinski definition) is 8. The molecule has 1 aliphatic heterocycles. The molecule has 10 heteroatoms. The third-order valence-electron chi connectivity index (χ3n) is 5.66. The van der Waals surface area contributed by atoms with Crippen molar-refractivity contribution < 1.29 is 19.1 Å². The van der Waals surface area contributed by atoms with E-state index in [0.29, 0.717) is 32.0 Å². The third kappa shape index (κ3) is 22.4. The number of carbonyl (C=O) groups is 2. The molecule has 0 fully saturated rings. The van der Waals surface area contributed by atoms with Crippen LogP contribution in [0.1, 0.15) is 65.2 Å². The van der Waals surface area contributed by atoms with Crippen LogP contribution in [0.3, 0.4) is 0 Å². The van der Waals surface area contributed by atoms with Crippen LogP contribution in [0.4, 0.5) is 4.79 Å². The van der Waals surface area contributed by atoms with Gasteiger partial charge in [0.25, 0.3) is 0 Å². The average molecular weight is 597 g/mol. The minimum absolute atomic E-state index is 0.0191. The molecule has 1 heterocycles. The molecule has 0 spiro atoms. The second-order valence-electron chi connectivity index (χ2n) is 9.76. The first-order valence-electron chi connectivity index (χ1n) is 15.2. The van der Waals surface area contributed by atoms with Crippen LogP contribution in [-0.2, 0) is 14.3 Å². The van der Waals surface area contributed by atoms with Crippen molar-refractivity contribution in [3.05, 3.63) is 72.9 Å². The van der Waals surface area contributed by atoms with Crippen molar-refractivity contribution in [3.8, 4) is 0 Å². The van der Waals surface area contributed by atoms with Gasteiger partial charge in [-0.3, -0.25) is 15.4 Å². The Balaban J connectivity index is 1.95. The standard InChI is InChI=1S/C33H52N6O4/c1-5-6-7-8-9-10-11-12-13-14-15-16-17-18-19-20-21-22-23-24-30(40)34-25-26-42-27-28-43-33(41)38-31-35-29(2)36-32(37-31)39(3)4/h6-7,9-10,12-13,15-16,18-19,21-22,29H,5,8,11,14,17,20,23-28H2,1-4H3,(H,34,40)(H2,35,36,37,38,41)/b7-6-,10-9-,13-12-,16-15-,19-18-,22-21-. The lowest BCUT2D eigenvalue weighted by atomic mass is 10.2. The topological polar surface area (TPSA) is 117 Å². The summed E-state index contributed by atoms with van der Waals surface area (Å²) in [5, 5.41) is 8.29. The molecule has 0 aromatic heterocycles. The molecule has 0 saturated heterocycles. The number of ether oxygens (including phenoxy) is 2. The number of amides is 2. The van der Waals surface area contributed by atoms with Gasteiger partial charge in [0, 0.05) is 27.1 Å². The maximum atomic E-state index is 11.9. The van der Waals surface area contributed by atoms with Crippen LogP contribution in [-0.4, -0.2) is 75.4 Å². The molecular weight excluding hydrogens is 544 g/mol. The molecule has 238 valence electrons. The van der Waals surface area contributed by atoms with E-state index in [1.807, 2.05) is 27.1 Å². The van der Waals surface area contributed by atoms with Gasteiger partial charge in [0.05, 0.1) is 13.2 Å². The van der Waals surface area contributed by atoms with E-state index in [1.54, 1.807) is 4.90 Å².